The average molecular weight is 492 g/mol. The van der Waals surface area contributed by atoms with Crippen molar-refractivity contribution in [2.24, 2.45) is 5.92 Å². The lowest BCUT2D eigenvalue weighted by molar-refractivity contribution is -0.122. The Bertz CT molecular complexity index is 1300. The Morgan fingerprint density at radius 3 is 2.47 bits per heavy atom. The van der Waals surface area contributed by atoms with Crippen molar-refractivity contribution in [3.8, 4) is 6.07 Å². The van der Waals surface area contributed by atoms with Crippen molar-refractivity contribution in [3.63, 3.8) is 0 Å². The first-order valence-corrected chi connectivity index (χ1v) is 11.7. The topological polar surface area (TPSA) is 73.2 Å². The van der Waals surface area contributed by atoms with E-state index in [1.165, 1.54) is 0 Å². The molecular formula is C27H23Cl2N3O2. The lowest BCUT2D eigenvalue weighted by Crippen LogP contribution is -2.28. The Hall–Kier alpha value is -3.33. The number of carbonyl (C=O) groups excluding carboxylic acids is 2. The van der Waals surface area contributed by atoms with Gasteiger partial charge in [-0.25, -0.2) is 0 Å². The molecule has 3 aromatic carbocycles. The normalized spacial score (nSPS) is 16.3. The maximum absolute atomic E-state index is 13.0. The molecular weight excluding hydrogens is 469 g/mol. The van der Waals surface area contributed by atoms with E-state index in [9.17, 15) is 14.9 Å². The number of hydrogen-bond donors (Lipinski definition) is 1. The van der Waals surface area contributed by atoms with Gasteiger partial charge in [0.25, 0.3) is 0 Å². The minimum Gasteiger partial charge on any atom is -0.325 e. The van der Waals surface area contributed by atoms with Gasteiger partial charge in [0.2, 0.25) is 11.8 Å². The fourth-order valence-electron chi connectivity index (χ4n) is 4.26. The highest BCUT2D eigenvalue weighted by atomic mass is 35.5. The molecule has 34 heavy (non-hydrogen) atoms. The van der Waals surface area contributed by atoms with Crippen LogP contribution >= 0.6 is 23.2 Å². The van der Waals surface area contributed by atoms with Crippen LogP contribution < -0.4 is 10.2 Å². The minimum absolute atomic E-state index is 0.0700. The van der Waals surface area contributed by atoms with Crippen LogP contribution in [0.1, 0.15) is 34.6 Å². The molecule has 0 bridgehead atoms. The maximum Gasteiger partial charge on any atom is 0.229 e. The Balaban J connectivity index is 1.52. The van der Waals surface area contributed by atoms with Gasteiger partial charge in [-0.05, 0) is 60.4 Å². The van der Waals surface area contributed by atoms with Crippen molar-refractivity contribution in [3.05, 3.63) is 93.0 Å². The molecule has 3 aromatic rings. The van der Waals surface area contributed by atoms with E-state index >= 15 is 0 Å². The number of anilines is 2. The quantitative estimate of drug-likeness (QED) is 0.457. The highest BCUT2D eigenvalue weighted by Gasteiger charge is 2.35. The van der Waals surface area contributed by atoms with Gasteiger partial charge in [-0.15, -0.1) is 0 Å². The van der Waals surface area contributed by atoms with Gasteiger partial charge in [0, 0.05) is 34.4 Å². The zero-order valence-corrected chi connectivity index (χ0v) is 20.3. The summed E-state index contributed by atoms with van der Waals surface area (Å²) in [5, 5.41) is 13.7. The van der Waals surface area contributed by atoms with Gasteiger partial charge in [-0.1, -0.05) is 59.6 Å². The Morgan fingerprint density at radius 2 is 1.79 bits per heavy atom. The van der Waals surface area contributed by atoms with Crippen molar-refractivity contribution >= 4 is 46.4 Å². The first kappa shape index (κ1) is 23.8. The largest absolute Gasteiger partial charge is 0.325 e. The number of nitrogens with zero attached hydrogens (tertiary/aromatic N) is 2. The summed E-state index contributed by atoms with van der Waals surface area (Å²) in [5.41, 5.74) is 4.60. The molecule has 1 aliphatic heterocycles. The molecule has 2 amide bonds. The van der Waals surface area contributed by atoms with Gasteiger partial charge in [-0.3, -0.25) is 9.59 Å². The molecule has 1 fully saturated rings. The summed E-state index contributed by atoms with van der Waals surface area (Å²) in [4.78, 5) is 27.3. The Labute approximate surface area is 208 Å². The number of carbonyl (C=O) groups is 2. The first-order valence-electron chi connectivity index (χ1n) is 10.9. The first-order chi connectivity index (χ1) is 16.3. The molecule has 1 saturated heterocycles. The highest BCUT2D eigenvalue weighted by Crippen LogP contribution is 2.35. The van der Waals surface area contributed by atoms with Gasteiger partial charge in [0.05, 0.1) is 17.9 Å². The minimum atomic E-state index is -0.566. The molecule has 2 unspecified atom stereocenters. The lowest BCUT2D eigenvalue weighted by Gasteiger charge is -2.19. The summed E-state index contributed by atoms with van der Waals surface area (Å²) in [6, 6.07) is 20.5. The summed E-state index contributed by atoms with van der Waals surface area (Å²) in [7, 11) is 0. The molecule has 5 nitrogen and oxygen atoms in total. The van der Waals surface area contributed by atoms with Crippen molar-refractivity contribution in [1.82, 2.24) is 0 Å². The molecule has 172 valence electrons. The number of aryl methyl sites for hydroxylation is 2. The van der Waals surface area contributed by atoms with Crippen LogP contribution in [0.2, 0.25) is 10.0 Å². The second-order valence-electron chi connectivity index (χ2n) is 8.48. The Kier molecular flexibility index (Phi) is 6.92. The van der Waals surface area contributed by atoms with Crippen LogP contribution in [-0.4, -0.2) is 18.4 Å². The van der Waals surface area contributed by atoms with Gasteiger partial charge in [0.1, 0.15) is 0 Å². The van der Waals surface area contributed by atoms with Crippen molar-refractivity contribution < 1.29 is 9.59 Å². The number of benzene rings is 3. The second kappa shape index (κ2) is 9.89. The standard InChI is InChI=1S/C27H23Cl2N3O2/c1-16-5-3-4-6-25(16)32-15-19(12-26(32)33)27(34)31-24-13-23(29)21(11-17(24)2)22(14-30)18-7-9-20(28)10-8-18/h3-11,13,19,22H,12,15H2,1-2H3,(H,31,34). The van der Waals surface area contributed by atoms with Crippen molar-refractivity contribution in [1.29, 1.82) is 5.26 Å². The fourth-order valence-corrected chi connectivity index (χ4v) is 4.65. The Morgan fingerprint density at radius 1 is 1.09 bits per heavy atom. The molecule has 1 heterocycles. The van der Waals surface area contributed by atoms with Crippen molar-refractivity contribution in [2.45, 2.75) is 26.2 Å². The third-order valence-corrected chi connectivity index (χ3v) is 6.73. The average Bonchev–Trinajstić information content (AvgIpc) is 3.20. The third kappa shape index (κ3) is 4.79. The lowest BCUT2D eigenvalue weighted by atomic mass is 9.91. The number of rotatable bonds is 5. The monoisotopic (exact) mass is 491 g/mol. The SMILES string of the molecule is Cc1cc(C(C#N)c2ccc(Cl)cc2)c(Cl)cc1NC(=O)C1CC(=O)N(c2ccccc2C)C1. The number of nitrogens with one attached hydrogen (secondary N) is 1. The maximum atomic E-state index is 13.0. The predicted octanol–water partition coefficient (Wildman–Crippen LogP) is 6.26. The third-order valence-electron chi connectivity index (χ3n) is 6.15. The molecule has 0 spiro atoms. The second-order valence-corrected chi connectivity index (χ2v) is 9.33. The zero-order valence-electron chi connectivity index (χ0n) is 18.8. The molecule has 0 radical (unpaired) electrons. The van der Waals surface area contributed by atoms with E-state index < -0.39 is 11.8 Å². The summed E-state index contributed by atoms with van der Waals surface area (Å²) in [6.07, 6.45) is 0.151. The molecule has 7 heteroatoms. The van der Waals surface area contributed by atoms with Crippen LogP contribution in [0.4, 0.5) is 11.4 Å². The molecule has 1 N–H and O–H groups in total. The predicted molar refractivity (Wildman–Crippen MR) is 135 cm³/mol. The van der Waals surface area contributed by atoms with Crippen LogP contribution in [0.5, 0.6) is 0 Å². The van der Waals surface area contributed by atoms with Crippen LogP contribution in [0, 0.1) is 31.1 Å². The van der Waals surface area contributed by atoms with Crippen LogP contribution in [-0.2, 0) is 9.59 Å². The van der Waals surface area contributed by atoms with Crippen LogP contribution in [0.3, 0.4) is 0 Å². The number of para-hydroxylation sites is 1. The molecule has 4 rings (SSSR count). The molecule has 1 aliphatic rings. The molecule has 2 atom stereocenters. The van der Waals surface area contributed by atoms with Crippen LogP contribution in [0.15, 0.2) is 60.7 Å². The summed E-state index contributed by atoms with van der Waals surface area (Å²) in [6.45, 7) is 4.13. The zero-order chi connectivity index (χ0) is 24.4. The molecule has 0 saturated carbocycles. The molecule has 0 aliphatic carbocycles. The van der Waals surface area contributed by atoms with Crippen LogP contribution in [0.25, 0.3) is 0 Å². The van der Waals surface area contributed by atoms with Gasteiger partial charge in [0.15, 0.2) is 0 Å². The van der Waals surface area contributed by atoms with Gasteiger partial charge in [-0.2, -0.15) is 5.26 Å². The summed E-state index contributed by atoms with van der Waals surface area (Å²) < 4.78 is 0. The smallest absolute Gasteiger partial charge is 0.229 e. The van der Waals surface area contributed by atoms with E-state index in [-0.39, 0.29) is 18.2 Å². The fraction of sp³-hybridized carbons (Fsp3) is 0.222. The molecule has 0 aromatic heterocycles. The number of nitriles is 1. The van der Waals surface area contributed by atoms with E-state index in [4.69, 9.17) is 23.2 Å². The highest BCUT2D eigenvalue weighted by molar-refractivity contribution is 6.32. The van der Waals surface area contributed by atoms with E-state index in [2.05, 4.69) is 11.4 Å². The van der Waals surface area contributed by atoms with Gasteiger partial charge < -0.3 is 10.2 Å². The van der Waals surface area contributed by atoms with E-state index in [1.807, 2.05) is 44.2 Å². The van der Waals surface area contributed by atoms with E-state index in [1.54, 1.807) is 35.2 Å². The van der Waals surface area contributed by atoms with E-state index in [0.29, 0.717) is 27.8 Å². The number of amides is 2. The summed E-state index contributed by atoms with van der Waals surface area (Å²) >= 11 is 12.5. The van der Waals surface area contributed by atoms with Crippen molar-refractivity contribution in [2.75, 3.05) is 16.8 Å². The summed E-state index contributed by atoms with van der Waals surface area (Å²) in [5.74, 6) is -1.33. The van der Waals surface area contributed by atoms with Gasteiger partial charge >= 0.3 is 0 Å². The number of hydrogen-bond acceptors (Lipinski definition) is 3. The van der Waals surface area contributed by atoms with E-state index in [0.717, 1.165) is 22.4 Å². The number of halogens is 2.